The van der Waals surface area contributed by atoms with Crippen molar-refractivity contribution in [3.05, 3.63) is 59.4 Å². The minimum Gasteiger partial charge on any atom is -0.290 e. The van der Waals surface area contributed by atoms with Gasteiger partial charge < -0.3 is 0 Å². The fourth-order valence-corrected chi connectivity index (χ4v) is 2.35. The lowest BCUT2D eigenvalue weighted by Crippen LogP contribution is -2.08. The molecular weight excluding hydrogens is 308 g/mol. The molecule has 2 nitrogen and oxygen atoms in total. The number of hydrogen-bond donors (Lipinski definition) is 0. The minimum absolute atomic E-state index is 0.0840. The lowest BCUT2D eigenvalue weighted by molar-refractivity contribution is 0.448. The molecule has 1 aromatic heterocycles. The summed E-state index contributed by atoms with van der Waals surface area (Å²) in [6.45, 7) is 0. The van der Waals surface area contributed by atoms with Gasteiger partial charge in [-0.2, -0.15) is 0 Å². The first-order chi connectivity index (χ1) is 10.0. The first kappa shape index (κ1) is 13.9. The molecule has 3 aromatic rings. The maximum Gasteiger partial charge on any atom is 0.186 e. The summed E-state index contributed by atoms with van der Waals surface area (Å²) < 4.78 is 55.7. The van der Waals surface area contributed by atoms with Crippen LogP contribution in [0.2, 0.25) is 0 Å². The van der Waals surface area contributed by atoms with Gasteiger partial charge in [-0.25, -0.2) is 22.5 Å². The standard InChI is InChI=1S/C14H7ClF4N2/c15-6-11-20-9-3-1-2-4-10(9)21(11)14-12(18)7(16)5-8(17)13(14)19/h1-5H,6H2. The van der Waals surface area contributed by atoms with Crippen LogP contribution in [-0.4, -0.2) is 9.55 Å². The lowest BCUT2D eigenvalue weighted by Gasteiger charge is -2.11. The minimum atomic E-state index is -1.50. The van der Waals surface area contributed by atoms with E-state index < -0.39 is 29.0 Å². The van der Waals surface area contributed by atoms with Gasteiger partial charge in [-0.1, -0.05) is 12.1 Å². The zero-order valence-electron chi connectivity index (χ0n) is 10.4. The molecule has 3 rings (SSSR count). The van der Waals surface area contributed by atoms with E-state index >= 15 is 0 Å². The van der Waals surface area contributed by atoms with Crippen molar-refractivity contribution in [2.45, 2.75) is 5.88 Å². The number of rotatable bonds is 2. The Hall–Kier alpha value is -2.08. The summed E-state index contributed by atoms with van der Waals surface area (Å²) in [6, 6.07) is 6.58. The van der Waals surface area contributed by atoms with E-state index in [0.29, 0.717) is 11.0 Å². The van der Waals surface area contributed by atoms with Crippen molar-refractivity contribution in [3.63, 3.8) is 0 Å². The van der Waals surface area contributed by atoms with Gasteiger partial charge in [-0.3, -0.25) is 4.57 Å². The molecular formula is C14H7ClF4N2. The number of hydrogen-bond acceptors (Lipinski definition) is 1. The largest absolute Gasteiger partial charge is 0.290 e. The van der Waals surface area contributed by atoms with Crippen LogP contribution in [0, 0.1) is 23.3 Å². The van der Waals surface area contributed by atoms with Crippen LogP contribution in [0.3, 0.4) is 0 Å². The fraction of sp³-hybridized carbons (Fsp3) is 0.0714. The van der Waals surface area contributed by atoms with Gasteiger partial charge in [0.1, 0.15) is 11.5 Å². The van der Waals surface area contributed by atoms with Gasteiger partial charge >= 0.3 is 0 Å². The van der Waals surface area contributed by atoms with Crippen LogP contribution in [0.5, 0.6) is 0 Å². The van der Waals surface area contributed by atoms with Gasteiger partial charge in [0.15, 0.2) is 23.3 Å². The monoisotopic (exact) mass is 314 g/mol. The average Bonchev–Trinajstić information content (AvgIpc) is 2.84. The molecule has 2 aromatic carbocycles. The molecule has 1 heterocycles. The fourth-order valence-electron chi connectivity index (χ4n) is 2.17. The number of nitrogens with zero attached hydrogens (tertiary/aromatic N) is 2. The number of para-hydroxylation sites is 2. The molecule has 0 aliphatic heterocycles. The summed E-state index contributed by atoms with van der Waals surface area (Å²) in [5, 5.41) is 0. The summed E-state index contributed by atoms with van der Waals surface area (Å²) in [6.07, 6.45) is 0. The van der Waals surface area contributed by atoms with Gasteiger partial charge in [0, 0.05) is 6.07 Å². The molecule has 0 spiro atoms. The number of fused-ring (bicyclic) bond motifs is 1. The van der Waals surface area contributed by atoms with Crippen LogP contribution < -0.4 is 0 Å². The maximum absolute atomic E-state index is 14.0. The van der Waals surface area contributed by atoms with E-state index in [9.17, 15) is 17.6 Å². The highest BCUT2D eigenvalue weighted by Gasteiger charge is 2.24. The Morgan fingerprint density at radius 3 is 2.24 bits per heavy atom. The quantitative estimate of drug-likeness (QED) is 0.391. The van der Waals surface area contributed by atoms with Crippen LogP contribution >= 0.6 is 11.6 Å². The van der Waals surface area contributed by atoms with Gasteiger partial charge in [0.05, 0.1) is 16.9 Å². The Bertz CT molecular complexity index is 818. The molecule has 0 saturated carbocycles. The summed E-state index contributed by atoms with van der Waals surface area (Å²) >= 11 is 5.72. The zero-order valence-corrected chi connectivity index (χ0v) is 11.1. The molecule has 0 aliphatic carbocycles. The molecule has 0 aliphatic rings. The molecule has 7 heteroatoms. The van der Waals surface area contributed by atoms with Crippen LogP contribution in [0.4, 0.5) is 17.6 Å². The van der Waals surface area contributed by atoms with Gasteiger partial charge in [-0.05, 0) is 12.1 Å². The molecule has 0 bridgehead atoms. The molecule has 21 heavy (non-hydrogen) atoms. The summed E-state index contributed by atoms with van der Waals surface area (Å²) in [5.41, 5.74) is -0.149. The third-order valence-electron chi connectivity index (χ3n) is 3.06. The van der Waals surface area contributed by atoms with E-state index in [-0.39, 0.29) is 17.8 Å². The van der Waals surface area contributed by atoms with Crippen molar-refractivity contribution in [2.75, 3.05) is 0 Å². The summed E-state index contributed by atoms with van der Waals surface area (Å²) in [5.74, 6) is -6.05. The van der Waals surface area contributed by atoms with E-state index in [1.807, 2.05) is 0 Å². The molecule has 0 N–H and O–H groups in total. The highest BCUT2D eigenvalue weighted by molar-refractivity contribution is 6.17. The Kier molecular flexibility index (Phi) is 3.33. The SMILES string of the molecule is Fc1cc(F)c(F)c(-n2c(CCl)nc3ccccc32)c1F. The predicted molar refractivity (Wildman–Crippen MR) is 70.5 cm³/mol. The number of halogens is 5. The molecule has 0 atom stereocenters. The Labute approximate surface area is 121 Å². The van der Waals surface area contributed by atoms with Crippen LogP contribution in [0.25, 0.3) is 16.7 Å². The molecule has 108 valence electrons. The maximum atomic E-state index is 14.0. The van der Waals surface area contributed by atoms with Gasteiger partial charge in [0.25, 0.3) is 0 Å². The van der Waals surface area contributed by atoms with Crippen molar-refractivity contribution in [1.29, 1.82) is 0 Å². The number of alkyl halides is 1. The van der Waals surface area contributed by atoms with Crippen molar-refractivity contribution in [1.82, 2.24) is 9.55 Å². The van der Waals surface area contributed by atoms with E-state index in [2.05, 4.69) is 4.98 Å². The molecule has 0 unspecified atom stereocenters. The van der Waals surface area contributed by atoms with E-state index in [4.69, 9.17) is 11.6 Å². The van der Waals surface area contributed by atoms with Crippen LogP contribution in [-0.2, 0) is 5.88 Å². The first-order valence-electron chi connectivity index (χ1n) is 5.90. The molecule has 0 saturated heterocycles. The molecule has 0 fully saturated rings. The van der Waals surface area contributed by atoms with Crippen LogP contribution in [0.1, 0.15) is 5.82 Å². The Morgan fingerprint density at radius 2 is 1.62 bits per heavy atom. The van der Waals surface area contributed by atoms with Crippen LogP contribution in [0.15, 0.2) is 30.3 Å². The second-order valence-electron chi connectivity index (χ2n) is 4.30. The third-order valence-corrected chi connectivity index (χ3v) is 3.30. The normalized spacial score (nSPS) is 11.3. The topological polar surface area (TPSA) is 17.8 Å². The number of imidazole rings is 1. The number of benzene rings is 2. The Balaban J connectivity index is 2.46. The lowest BCUT2D eigenvalue weighted by atomic mass is 10.2. The van der Waals surface area contributed by atoms with Crippen molar-refractivity contribution in [2.24, 2.45) is 0 Å². The number of aromatic nitrogens is 2. The molecule has 0 radical (unpaired) electrons. The van der Waals surface area contributed by atoms with Crippen molar-refractivity contribution in [3.8, 4) is 5.69 Å². The van der Waals surface area contributed by atoms with E-state index in [1.54, 1.807) is 18.2 Å². The average molecular weight is 315 g/mol. The smallest absolute Gasteiger partial charge is 0.186 e. The second-order valence-corrected chi connectivity index (χ2v) is 4.57. The zero-order chi connectivity index (χ0) is 15.1. The van der Waals surface area contributed by atoms with E-state index in [1.165, 1.54) is 6.07 Å². The first-order valence-corrected chi connectivity index (χ1v) is 6.43. The predicted octanol–water partition coefficient (Wildman–Crippen LogP) is 4.32. The second kappa shape index (κ2) is 5.04. The third kappa shape index (κ3) is 2.06. The van der Waals surface area contributed by atoms with Gasteiger partial charge in [-0.15, -0.1) is 11.6 Å². The van der Waals surface area contributed by atoms with Crippen molar-refractivity contribution >= 4 is 22.6 Å². The summed E-state index contributed by atoms with van der Waals surface area (Å²) in [7, 11) is 0. The Morgan fingerprint density at radius 1 is 1.00 bits per heavy atom. The van der Waals surface area contributed by atoms with Crippen molar-refractivity contribution < 1.29 is 17.6 Å². The molecule has 0 amide bonds. The highest BCUT2D eigenvalue weighted by atomic mass is 35.5. The summed E-state index contributed by atoms with van der Waals surface area (Å²) in [4.78, 5) is 4.10. The highest BCUT2D eigenvalue weighted by Crippen LogP contribution is 2.29. The van der Waals surface area contributed by atoms with Gasteiger partial charge in [0.2, 0.25) is 0 Å². The van der Waals surface area contributed by atoms with E-state index in [0.717, 1.165) is 4.57 Å².